The summed E-state index contributed by atoms with van der Waals surface area (Å²) >= 11 is 5.75. The van der Waals surface area contributed by atoms with Crippen LogP contribution in [0, 0.1) is 0 Å². The van der Waals surface area contributed by atoms with Crippen molar-refractivity contribution in [2.75, 3.05) is 0 Å². The highest BCUT2D eigenvalue weighted by Gasteiger charge is 2.18. The normalized spacial score (nSPS) is 14.6. The minimum Gasteiger partial charge on any atom is -0.339 e. The molecule has 0 spiro atoms. The van der Waals surface area contributed by atoms with Gasteiger partial charge in [0, 0.05) is 12.2 Å². The molecule has 2 unspecified atom stereocenters. The monoisotopic (exact) mass is 252 g/mol. The highest BCUT2D eigenvalue weighted by Crippen LogP contribution is 2.20. The van der Waals surface area contributed by atoms with Gasteiger partial charge in [0.25, 0.3) is 0 Å². The van der Waals surface area contributed by atoms with Gasteiger partial charge in [-0.3, -0.25) is 4.98 Å². The summed E-state index contributed by atoms with van der Waals surface area (Å²) in [6.45, 7) is 3.84. The number of nitrogens with zero attached hydrogens (tertiary/aromatic N) is 3. The van der Waals surface area contributed by atoms with Gasteiger partial charge in [-0.25, -0.2) is 0 Å². The molecular weight excluding hydrogens is 240 g/mol. The molecule has 0 fully saturated rings. The van der Waals surface area contributed by atoms with E-state index < -0.39 is 0 Å². The lowest BCUT2D eigenvalue weighted by atomic mass is 10.1. The number of hydrogen-bond donors (Lipinski definition) is 1. The first kappa shape index (κ1) is 12.0. The average molecular weight is 253 g/mol. The fourth-order valence-electron chi connectivity index (χ4n) is 1.26. The van der Waals surface area contributed by atoms with Crippen molar-refractivity contribution < 1.29 is 4.52 Å². The van der Waals surface area contributed by atoms with Crippen LogP contribution < -0.4 is 5.73 Å². The smallest absolute Gasteiger partial charge is 0.231 e. The van der Waals surface area contributed by atoms with E-state index >= 15 is 0 Å². The van der Waals surface area contributed by atoms with E-state index in [0.717, 1.165) is 0 Å². The minimum absolute atomic E-state index is 0.0172. The van der Waals surface area contributed by atoms with Crippen LogP contribution in [0.15, 0.2) is 22.9 Å². The predicted molar refractivity (Wildman–Crippen MR) is 64.6 cm³/mol. The van der Waals surface area contributed by atoms with Gasteiger partial charge in [-0.1, -0.05) is 23.7 Å². The van der Waals surface area contributed by atoms with Gasteiger partial charge in [0.05, 0.1) is 10.9 Å². The van der Waals surface area contributed by atoms with Gasteiger partial charge in [0.1, 0.15) is 5.69 Å². The van der Waals surface area contributed by atoms with Crippen molar-refractivity contribution in [3.05, 3.63) is 29.2 Å². The summed E-state index contributed by atoms with van der Waals surface area (Å²) < 4.78 is 5.16. The van der Waals surface area contributed by atoms with Crippen molar-refractivity contribution in [3.63, 3.8) is 0 Å². The summed E-state index contributed by atoms with van der Waals surface area (Å²) in [5.41, 5.74) is 6.40. The number of halogens is 1. The maximum absolute atomic E-state index is 5.77. The molecule has 2 atom stereocenters. The highest BCUT2D eigenvalue weighted by molar-refractivity contribution is 6.30. The molecule has 0 bridgehead atoms. The molecule has 0 aromatic carbocycles. The first-order chi connectivity index (χ1) is 8.08. The Bertz CT molecular complexity index is 494. The Morgan fingerprint density at radius 2 is 2.12 bits per heavy atom. The van der Waals surface area contributed by atoms with Crippen LogP contribution >= 0.6 is 11.6 Å². The molecule has 2 aromatic heterocycles. The molecule has 0 saturated carbocycles. The van der Waals surface area contributed by atoms with E-state index in [9.17, 15) is 0 Å². The van der Waals surface area contributed by atoms with Gasteiger partial charge in [-0.05, 0) is 19.1 Å². The number of aromatic nitrogens is 3. The molecule has 5 nitrogen and oxygen atoms in total. The van der Waals surface area contributed by atoms with E-state index in [4.69, 9.17) is 21.9 Å². The third-order valence-corrected chi connectivity index (χ3v) is 2.80. The van der Waals surface area contributed by atoms with E-state index in [1.807, 2.05) is 13.8 Å². The zero-order valence-electron chi connectivity index (χ0n) is 9.59. The van der Waals surface area contributed by atoms with Crippen LogP contribution in [0.25, 0.3) is 11.5 Å². The molecule has 0 aliphatic rings. The molecule has 2 rings (SSSR count). The van der Waals surface area contributed by atoms with E-state index in [1.54, 1.807) is 18.3 Å². The Hall–Kier alpha value is -1.46. The quantitative estimate of drug-likeness (QED) is 0.906. The number of hydrogen-bond acceptors (Lipinski definition) is 5. The molecule has 2 N–H and O–H groups in total. The number of nitrogens with two attached hydrogens (primary N) is 1. The summed E-state index contributed by atoms with van der Waals surface area (Å²) in [7, 11) is 0. The number of pyridine rings is 1. The summed E-state index contributed by atoms with van der Waals surface area (Å²) in [6, 6.07) is 3.43. The highest BCUT2D eigenvalue weighted by atomic mass is 35.5. The summed E-state index contributed by atoms with van der Waals surface area (Å²) in [6.07, 6.45) is 1.54. The fourth-order valence-corrected chi connectivity index (χ4v) is 1.37. The fraction of sp³-hybridized carbons (Fsp3) is 0.364. The third-order valence-electron chi connectivity index (χ3n) is 2.58. The third kappa shape index (κ3) is 2.62. The van der Waals surface area contributed by atoms with Gasteiger partial charge in [-0.2, -0.15) is 4.98 Å². The van der Waals surface area contributed by atoms with E-state index in [1.165, 1.54) is 0 Å². The number of rotatable bonds is 3. The molecule has 90 valence electrons. The largest absolute Gasteiger partial charge is 0.339 e. The Morgan fingerprint density at radius 3 is 2.71 bits per heavy atom. The Kier molecular flexibility index (Phi) is 3.40. The second-order valence-electron chi connectivity index (χ2n) is 3.97. The van der Waals surface area contributed by atoms with E-state index in [2.05, 4.69) is 15.1 Å². The standard InChI is InChI=1S/C11H13ClN4O/c1-6(7(2)13)11-15-10(16-17-11)9-4-3-8(12)5-14-9/h3-7H,13H2,1-2H3. The van der Waals surface area contributed by atoms with Gasteiger partial charge in [-0.15, -0.1) is 0 Å². The topological polar surface area (TPSA) is 77.8 Å². The Balaban J connectivity index is 2.26. The van der Waals surface area contributed by atoms with Gasteiger partial charge >= 0.3 is 0 Å². The molecule has 2 aromatic rings. The van der Waals surface area contributed by atoms with Crippen molar-refractivity contribution in [1.82, 2.24) is 15.1 Å². The zero-order valence-corrected chi connectivity index (χ0v) is 10.3. The van der Waals surface area contributed by atoms with Gasteiger partial charge in [0.15, 0.2) is 0 Å². The van der Waals surface area contributed by atoms with Crippen LogP contribution in [-0.4, -0.2) is 21.2 Å². The second kappa shape index (κ2) is 4.81. The SMILES string of the molecule is CC(N)C(C)c1nc(-c2ccc(Cl)cn2)no1. The van der Waals surface area contributed by atoms with E-state index in [-0.39, 0.29) is 12.0 Å². The maximum atomic E-state index is 5.77. The van der Waals surface area contributed by atoms with Crippen molar-refractivity contribution in [2.24, 2.45) is 5.73 Å². The van der Waals surface area contributed by atoms with Crippen LogP contribution in [0.3, 0.4) is 0 Å². The Labute approximate surface area is 104 Å². The molecular formula is C11H13ClN4O. The maximum Gasteiger partial charge on any atom is 0.231 e. The molecule has 0 radical (unpaired) electrons. The van der Waals surface area contributed by atoms with Crippen LogP contribution in [0.4, 0.5) is 0 Å². The average Bonchev–Trinajstić information content (AvgIpc) is 2.78. The van der Waals surface area contributed by atoms with Crippen molar-refractivity contribution >= 4 is 11.6 Å². The summed E-state index contributed by atoms with van der Waals surface area (Å²) in [5, 5.41) is 4.44. The van der Waals surface area contributed by atoms with Crippen molar-refractivity contribution in [2.45, 2.75) is 25.8 Å². The first-order valence-electron chi connectivity index (χ1n) is 5.29. The molecule has 0 saturated heterocycles. The van der Waals surface area contributed by atoms with Crippen LogP contribution in [0.2, 0.25) is 5.02 Å². The summed E-state index contributed by atoms with van der Waals surface area (Å²) in [4.78, 5) is 8.39. The van der Waals surface area contributed by atoms with E-state index in [0.29, 0.717) is 22.4 Å². The lowest BCUT2D eigenvalue weighted by Crippen LogP contribution is -2.22. The summed E-state index contributed by atoms with van der Waals surface area (Å²) in [5.74, 6) is 0.986. The molecule has 0 aliphatic heterocycles. The lowest BCUT2D eigenvalue weighted by Gasteiger charge is -2.09. The van der Waals surface area contributed by atoms with Crippen LogP contribution in [0.5, 0.6) is 0 Å². The minimum atomic E-state index is -0.0403. The van der Waals surface area contributed by atoms with Crippen LogP contribution in [-0.2, 0) is 0 Å². The Morgan fingerprint density at radius 1 is 1.35 bits per heavy atom. The van der Waals surface area contributed by atoms with Gasteiger partial charge in [0.2, 0.25) is 11.7 Å². The van der Waals surface area contributed by atoms with Crippen molar-refractivity contribution in [3.8, 4) is 11.5 Å². The van der Waals surface area contributed by atoms with Crippen molar-refractivity contribution in [1.29, 1.82) is 0 Å². The molecule has 0 aliphatic carbocycles. The zero-order chi connectivity index (χ0) is 12.4. The second-order valence-corrected chi connectivity index (χ2v) is 4.40. The lowest BCUT2D eigenvalue weighted by molar-refractivity contribution is 0.346. The predicted octanol–water partition coefficient (Wildman–Crippen LogP) is 2.24. The van der Waals surface area contributed by atoms with Gasteiger partial charge < -0.3 is 10.3 Å². The molecule has 6 heteroatoms. The first-order valence-corrected chi connectivity index (χ1v) is 5.67. The van der Waals surface area contributed by atoms with Crippen LogP contribution in [0.1, 0.15) is 25.7 Å². The molecule has 2 heterocycles. The molecule has 0 amide bonds. The molecule has 17 heavy (non-hydrogen) atoms.